The van der Waals surface area contributed by atoms with Crippen molar-refractivity contribution in [2.75, 3.05) is 18.5 Å². The zero-order valence-corrected chi connectivity index (χ0v) is 10.5. The molecule has 0 fully saturated rings. The molecule has 1 aromatic rings. The molecule has 98 valence electrons. The molecule has 0 radical (unpaired) electrons. The summed E-state index contributed by atoms with van der Waals surface area (Å²) in [6, 6.07) is 5.04. The van der Waals surface area contributed by atoms with Crippen molar-refractivity contribution < 1.29 is 9.66 Å². The number of rotatable bonds is 8. The Bertz CT molecular complexity index is 419. The molecular weight excluding hydrogens is 232 g/mol. The Morgan fingerprint density at radius 3 is 2.94 bits per heavy atom. The molecule has 0 saturated carbocycles. The molecule has 5 heteroatoms. The minimum atomic E-state index is -0.415. The summed E-state index contributed by atoms with van der Waals surface area (Å²) >= 11 is 0. The molecule has 18 heavy (non-hydrogen) atoms. The van der Waals surface area contributed by atoms with Gasteiger partial charge in [-0.15, -0.1) is 6.58 Å². The minimum Gasteiger partial charge on any atom is -0.486 e. The van der Waals surface area contributed by atoms with Crippen molar-refractivity contribution in [2.24, 2.45) is 0 Å². The molecule has 0 spiro atoms. The monoisotopic (exact) mass is 250 g/mol. The summed E-state index contributed by atoms with van der Waals surface area (Å²) in [5.74, 6) is 0.294. The smallest absolute Gasteiger partial charge is 0.333 e. The lowest BCUT2D eigenvalue weighted by molar-refractivity contribution is -0.384. The standard InChI is InChI=1S/C13H18N2O3/c1-3-5-10-18-12-8-6-7-11(14-9-4-2)13(12)15(16)17/h3,6-8,14H,1,4-5,9-10H2,2H3. The normalized spacial score (nSPS) is 9.83. The zero-order valence-electron chi connectivity index (χ0n) is 10.5. The second-order valence-electron chi connectivity index (χ2n) is 3.76. The van der Waals surface area contributed by atoms with Crippen molar-refractivity contribution in [3.8, 4) is 5.75 Å². The number of nitro benzene ring substituents is 1. The van der Waals surface area contributed by atoms with E-state index in [-0.39, 0.29) is 5.69 Å². The molecule has 1 rings (SSSR count). The highest BCUT2D eigenvalue weighted by Crippen LogP contribution is 2.34. The number of hydrogen-bond donors (Lipinski definition) is 1. The quantitative estimate of drug-likeness (QED) is 0.332. The lowest BCUT2D eigenvalue weighted by Gasteiger charge is -2.10. The molecule has 0 heterocycles. The molecule has 0 aliphatic rings. The van der Waals surface area contributed by atoms with E-state index in [2.05, 4.69) is 11.9 Å². The first-order valence-electron chi connectivity index (χ1n) is 5.95. The van der Waals surface area contributed by atoms with Gasteiger partial charge in [-0.2, -0.15) is 0 Å². The molecule has 0 aliphatic heterocycles. The van der Waals surface area contributed by atoms with Gasteiger partial charge in [-0.05, 0) is 25.0 Å². The third-order valence-electron chi connectivity index (χ3n) is 2.33. The Morgan fingerprint density at radius 2 is 2.33 bits per heavy atom. The summed E-state index contributed by atoms with van der Waals surface area (Å²) in [5.41, 5.74) is 0.493. The van der Waals surface area contributed by atoms with Crippen molar-refractivity contribution in [3.63, 3.8) is 0 Å². The van der Waals surface area contributed by atoms with Gasteiger partial charge in [0.2, 0.25) is 0 Å². The lowest BCUT2D eigenvalue weighted by Crippen LogP contribution is -2.05. The molecule has 1 N–H and O–H groups in total. The van der Waals surface area contributed by atoms with Crippen molar-refractivity contribution in [1.82, 2.24) is 0 Å². The SMILES string of the molecule is C=CCCOc1cccc(NCCC)c1[N+](=O)[O-]. The maximum absolute atomic E-state index is 11.1. The number of ether oxygens (including phenoxy) is 1. The van der Waals surface area contributed by atoms with Gasteiger partial charge < -0.3 is 10.1 Å². The fourth-order valence-electron chi connectivity index (χ4n) is 1.48. The largest absolute Gasteiger partial charge is 0.486 e. The van der Waals surface area contributed by atoms with Gasteiger partial charge in [0.1, 0.15) is 5.69 Å². The highest BCUT2D eigenvalue weighted by atomic mass is 16.6. The van der Waals surface area contributed by atoms with Crippen molar-refractivity contribution in [1.29, 1.82) is 0 Å². The van der Waals surface area contributed by atoms with E-state index < -0.39 is 4.92 Å². The summed E-state index contributed by atoms with van der Waals surface area (Å²) in [6.45, 7) is 6.67. The van der Waals surface area contributed by atoms with E-state index in [1.165, 1.54) is 0 Å². The predicted octanol–water partition coefficient (Wildman–Crippen LogP) is 3.37. The Hall–Kier alpha value is -2.04. The summed E-state index contributed by atoms with van der Waals surface area (Å²) in [5, 5.41) is 14.1. The molecule has 0 aliphatic carbocycles. The topological polar surface area (TPSA) is 64.4 Å². The van der Waals surface area contributed by atoms with Gasteiger partial charge >= 0.3 is 5.69 Å². The molecule has 0 unspecified atom stereocenters. The number of nitrogens with one attached hydrogen (secondary N) is 1. The summed E-state index contributed by atoms with van der Waals surface area (Å²) < 4.78 is 5.41. The van der Waals surface area contributed by atoms with E-state index in [1.807, 2.05) is 6.92 Å². The van der Waals surface area contributed by atoms with Gasteiger partial charge in [0.05, 0.1) is 11.5 Å². The first-order valence-corrected chi connectivity index (χ1v) is 5.95. The van der Waals surface area contributed by atoms with Crippen LogP contribution in [0.15, 0.2) is 30.9 Å². The van der Waals surface area contributed by atoms with Crippen LogP contribution in [0.4, 0.5) is 11.4 Å². The van der Waals surface area contributed by atoms with Crippen LogP contribution in [0.1, 0.15) is 19.8 Å². The number of para-hydroxylation sites is 1. The average molecular weight is 250 g/mol. The fourth-order valence-corrected chi connectivity index (χ4v) is 1.48. The Kier molecular flexibility index (Phi) is 5.70. The molecule has 0 aromatic heterocycles. The van der Waals surface area contributed by atoms with Crippen LogP contribution in [0.2, 0.25) is 0 Å². The highest BCUT2D eigenvalue weighted by molar-refractivity contribution is 5.68. The van der Waals surface area contributed by atoms with Crippen LogP contribution in [-0.2, 0) is 0 Å². The van der Waals surface area contributed by atoms with Crippen LogP contribution in [0.3, 0.4) is 0 Å². The molecular formula is C13H18N2O3. The van der Waals surface area contributed by atoms with Crippen LogP contribution in [0.5, 0.6) is 5.75 Å². The highest BCUT2D eigenvalue weighted by Gasteiger charge is 2.20. The zero-order chi connectivity index (χ0) is 13.4. The number of hydrogen-bond acceptors (Lipinski definition) is 4. The summed E-state index contributed by atoms with van der Waals surface area (Å²) in [6.07, 6.45) is 3.27. The number of nitro groups is 1. The van der Waals surface area contributed by atoms with E-state index in [0.29, 0.717) is 31.0 Å². The van der Waals surface area contributed by atoms with E-state index >= 15 is 0 Å². The Labute approximate surface area is 107 Å². The van der Waals surface area contributed by atoms with Crippen LogP contribution in [-0.4, -0.2) is 18.1 Å². The van der Waals surface area contributed by atoms with Crippen molar-refractivity contribution in [2.45, 2.75) is 19.8 Å². The minimum absolute atomic E-state index is 0.00462. The van der Waals surface area contributed by atoms with Gasteiger partial charge in [0, 0.05) is 6.54 Å². The van der Waals surface area contributed by atoms with Crippen LogP contribution in [0, 0.1) is 10.1 Å². The number of anilines is 1. The van der Waals surface area contributed by atoms with E-state index in [0.717, 1.165) is 6.42 Å². The third-order valence-corrected chi connectivity index (χ3v) is 2.33. The molecule has 0 atom stereocenters. The van der Waals surface area contributed by atoms with Crippen LogP contribution >= 0.6 is 0 Å². The van der Waals surface area contributed by atoms with E-state index in [4.69, 9.17) is 4.74 Å². The molecule has 0 bridgehead atoms. The molecule has 1 aromatic carbocycles. The Balaban J connectivity index is 2.93. The predicted molar refractivity (Wildman–Crippen MR) is 72.2 cm³/mol. The Morgan fingerprint density at radius 1 is 1.56 bits per heavy atom. The van der Waals surface area contributed by atoms with Crippen LogP contribution < -0.4 is 10.1 Å². The van der Waals surface area contributed by atoms with Gasteiger partial charge in [-0.25, -0.2) is 0 Å². The van der Waals surface area contributed by atoms with Crippen molar-refractivity contribution in [3.05, 3.63) is 41.0 Å². The van der Waals surface area contributed by atoms with Crippen LogP contribution in [0.25, 0.3) is 0 Å². The maximum Gasteiger partial charge on any atom is 0.333 e. The third kappa shape index (κ3) is 3.76. The molecule has 0 saturated heterocycles. The van der Waals surface area contributed by atoms with Gasteiger partial charge in [0.25, 0.3) is 0 Å². The van der Waals surface area contributed by atoms with Crippen molar-refractivity contribution >= 4 is 11.4 Å². The summed E-state index contributed by atoms with van der Waals surface area (Å²) in [7, 11) is 0. The van der Waals surface area contributed by atoms with E-state index in [1.54, 1.807) is 24.3 Å². The first kappa shape index (κ1) is 14.0. The lowest BCUT2D eigenvalue weighted by atomic mass is 10.2. The average Bonchev–Trinajstić information content (AvgIpc) is 2.36. The molecule has 0 amide bonds. The maximum atomic E-state index is 11.1. The fraction of sp³-hybridized carbons (Fsp3) is 0.385. The van der Waals surface area contributed by atoms with E-state index in [9.17, 15) is 10.1 Å². The van der Waals surface area contributed by atoms with Gasteiger partial charge in [-0.3, -0.25) is 10.1 Å². The number of nitrogens with zero attached hydrogens (tertiary/aromatic N) is 1. The second-order valence-corrected chi connectivity index (χ2v) is 3.76. The van der Waals surface area contributed by atoms with Gasteiger partial charge in [0.15, 0.2) is 5.75 Å². The van der Waals surface area contributed by atoms with Gasteiger partial charge in [-0.1, -0.05) is 19.1 Å². The molecule has 5 nitrogen and oxygen atoms in total. The second kappa shape index (κ2) is 7.32. The summed E-state index contributed by atoms with van der Waals surface area (Å²) in [4.78, 5) is 10.7. The number of benzene rings is 1. The first-order chi connectivity index (χ1) is 8.70.